The third kappa shape index (κ3) is 3.70. The summed E-state index contributed by atoms with van der Waals surface area (Å²) in [5, 5.41) is 4.51. The van der Waals surface area contributed by atoms with Crippen LogP contribution in [-0.4, -0.2) is 0 Å². The molecule has 0 saturated carbocycles. The normalized spacial score (nSPS) is 14.0. The molecule has 112 valence electrons. The van der Waals surface area contributed by atoms with Crippen LogP contribution in [0.3, 0.4) is 0 Å². The Hall–Kier alpha value is -0.800. The Balaban J connectivity index is 2.25. The van der Waals surface area contributed by atoms with Crippen molar-refractivity contribution in [3.63, 3.8) is 0 Å². The van der Waals surface area contributed by atoms with Gasteiger partial charge in [-0.15, -0.1) is 0 Å². The average molecular weight is 347 g/mol. The molecule has 2 aromatic carbocycles. The van der Waals surface area contributed by atoms with Gasteiger partial charge in [-0.05, 0) is 37.6 Å². The fourth-order valence-electron chi connectivity index (χ4n) is 2.31. The molecule has 0 spiro atoms. The van der Waals surface area contributed by atoms with E-state index in [9.17, 15) is 4.39 Å². The van der Waals surface area contributed by atoms with Gasteiger partial charge in [-0.2, -0.15) is 0 Å². The molecule has 0 aliphatic rings. The molecule has 2 rings (SSSR count). The largest absolute Gasteiger partial charge is 0.303 e. The van der Waals surface area contributed by atoms with Crippen molar-refractivity contribution in [3.8, 4) is 0 Å². The van der Waals surface area contributed by atoms with E-state index in [1.54, 1.807) is 0 Å². The van der Waals surface area contributed by atoms with Gasteiger partial charge in [-0.25, -0.2) is 4.39 Å². The predicted octanol–water partition coefficient (Wildman–Crippen LogP) is 6.20. The summed E-state index contributed by atoms with van der Waals surface area (Å²) in [5.41, 5.74) is 1.52. The summed E-state index contributed by atoms with van der Waals surface area (Å²) in [4.78, 5) is 0. The molecule has 0 amide bonds. The van der Waals surface area contributed by atoms with E-state index in [2.05, 4.69) is 5.32 Å². The summed E-state index contributed by atoms with van der Waals surface area (Å²) in [6, 6.07) is 10.1. The second-order valence-electron chi connectivity index (χ2n) is 4.89. The highest BCUT2D eigenvalue weighted by molar-refractivity contribution is 6.36. The van der Waals surface area contributed by atoms with Crippen molar-refractivity contribution in [2.75, 3.05) is 0 Å². The second-order valence-corrected chi connectivity index (χ2v) is 6.08. The van der Waals surface area contributed by atoms with E-state index >= 15 is 0 Å². The van der Waals surface area contributed by atoms with E-state index in [0.717, 1.165) is 5.56 Å². The van der Waals surface area contributed by atoms with Gasteiger partial charge in [0.05, 0.1) is 5.02 Å². The molecule has 0 aromatic heterocycles. The molecular formula is C16H15Cl3FN. The Bertz CT molecular complexity index is 645. The van der Waals surface area contributed by atoms with Crippen LogP contribution in [0.2, 0.25) is 15.1 Å². The lowest BCUT2D eigenvalue weighted by Crippen LogP contribution is -2.23. The molecule has 21 heavy (non-hydrogen) atoms. The molecule has 0 aliphatic heterocycles. The molecule has 1 unspecified atom stereocenters. The van der Waals surface area contributed by atoms with Crippen LogP contribution in [0.4, 0.5) is 4.39 Å². The maximum absolute atomic E-state index is 13.6. The van der Waals surface area contributed by atoms with Crippen molar-refractivity contribution in [3.05, 3.63) is 68.4 Å². The molecule has 2 atom stereocenters. The quantitative estimate of drug-likeness (QED) is 0.650. The van der Waals surface area contributed by atoms with Crippen LogP contribution < -0.4 is 5.32 Å². The van der Waals surface area contributed by atoms with Crippen molar-refractivity contribution in [2.24, 2.45) is 0 Å². The maximum atomic E-state index is 13.6. The van der Waals surface area contributed by atoms with Gasteiger partial charge in [0.15, 0.2) is 0 Å². The van der Waals surface area contributed by atoms with Crippen LogP contribution in [-0.2, 0) is 0 Å². The third-order valence-electron chi connectivity index (χ3n) is 3.38. The summed E-state index contributed by atoms with van der Waals surface area (Å²) >= 11 is 18.4. The molecule has 0 heterocycles. The monoisotopic (exact) mass is 345 g/mol. The van der Waals surface area contributed by atoms with Crippen molar-refractivity contribution in [1.82, 2.24) is 5.32 Å². The van der Waals surface area contributed by atoms with Crippen molar-refractivity contribution >= 4 is 34.8 Å². The third-order valence-corrected chi connectivity index (χ3v) is 4.44. The Morgan fingerprint density at radius 1 is 0.905 bits per heavy atom. The first kappa shape index (κ1) is 16.6. The van der Waals surface area contributed by atoms with Crippen LogP contribution >= 0.6 is 34.8 Å². The highest BCUT2D eigenvalue weighted by Crippen LogP contribution is 2.34. The van der Waals surface area contributed by atoms with Crippen molar-refractivity contribution < 1.29 is 4.39 Å². The average Bonchev–Trinajstić information content (AvgIpc) is 2.43. The number of benzene rings is 2. The number of halogens is 4. The summed E-state index contributed by atoms with van der Waals surface area (Å²) in [7, 11) is 0. The van der Waals surface area contributed by atoms with Crippen LogP contribution in [0, 0.1) is 5.82 Å². The zero-order valence-corrected chi connectivity index (χ0v) is 13.9. The Labute approximate surface area is 139 Å². The zero-order valence-electron chi connectivity index (χ0n) is 11.6. The molecule has 0 radical (unpaired) electrons. The fraction of sp³-hybridized carbons (Fsp3) is 0.250. The molecule has 0 bridgehead atoms. The molecule has 2 aromatic rings. The van der Waals surface area contributed by atoms with E-state index in [1.807, 2.05) is 38.1 Å². The fourth-order valence-corrected chi connectivity index (χ4v) is 3.31. The number of hydrogen-bond acceptors (Lipinski definition) is 1. The highest BCUT2D eigenvalue weighted by atomic mass is 35.5. The molecule has 1 N–H and O–H groups in total. The first-order valence-electron chi connectivity index (χ1n) is 6.55. The van der Waals surface area contributed by atoms with Gasteiger partial charge in [0.25, 0.3) is 0 Å². The molecule has 0 saturated heterocycles. The minimum atomic E-state index is -0.477. The minimum absolute atomic E-state index is 0.0240. The van der Waals surface area contributed by atoms with E-state index in [0.29, 0.717) is 15.6 Å². The van der Waals surface area contributed by atoms with Crippen LogP contribution in [0.1, 0.15) is 37.1 Å². The van der Waals surface area contributed by atoms with Crippen LogP contribution in [0.15, 0.2) is 36.4 Å². The van der Waals surface area contributed by atoms with E-state index < -0.39 is 5.82 Å². The lowest BCUT2D eigenvalue weighted by Gasteiger charge is -2.23. The van der Waals surface area contributed by atoms with Gasteiger partial charge in [0.1, 0.15) is 5.82 Å². The Morgan fingerprint density at radius 3 is 2.24 bits per heavy atom. The van der Waals surface area contributed by atoms with E-state index in [1.165, 1.54) is 12.1 Å². The summed E-state index contributed by atoms with van der Waals surface area (Å²) in [6.45, 7) is 3.87. The maximum Gasteiger partial charge on any atom is 0.142 e. The lowest BCUT2D eigenvalue weighted by molar-refractivity contribution is 0.492. The molecule has 0 aliphatic carbocycles. The number of nitrogens with one attached hydrogen (secondary N) is 1. The van der Waals surface area contributed by atoms with Gasteiger partial charge in [-0.3, -0.25) is 0 Å². The second kappa shape index (κ2) is 6.97. The summed E-state index contributed by atoms with van der Waals surface area (Å²) in [5.74, 6) is -0.477. The van der Waals surface area contributed by atoms with Crippen LogP contribution in [0.5, 0.6) is 0 Å². The van der Waals surface area contributed by atoms with E-state index in [-0.39, 0.29) is 17.1 Å². The molecule has 0 fully saturated rings. The molecule has 1 nitrogen and oxygen atoms in total. The summed E-state index contributed by atoms with van der Waals surface area (Å²) < 4.78 is 13.6. The summed E-state index contributed by atoms with van der Waals surface area (Å²) in [6.07, 6.45) is 0. The Morgan fingerprint density at radius 2 is 1.57 bits per heavy atom. The van der Waals surface area contributed by atoms with Crippen molar-refractivity contribution in [1.29, 1.82) is 0 Å². The standard InChI is InChI=1S/C16H15Cl3FN/c1-9(11-5-3-4-6-12(11)17)21-10(2)15-13(18)7-8-14(20)16(15)19/h3-10,21H,1-2H3/t9-,10?/m0/s1. The minimum Gasteiger partial charge on any atom is -0.303 e. The van der Waals surface area contributed by atoms with Gasteiger partial charge < -0.3 is 5.32 Å². The first-order chi connectivity index (χ1) is 9.91. The zero-order chi connectivity index (χ0) is 15.6. The smallest absolute Gasteiger partial charge is 0.142 e. The molecular weight excluding hydrogens is 332 g/mol. The van der Waals surface area contributed by atoms with E-state index in [4.69, 9.17) is 34.8 Å². The Kier molecular flexibility index (Phi) is 5.50. The lowest BCUT2D eigenvalue weighted by atomic mass is 10.0. The molecule has 5 heteroatoms. The van der Waals surface area contributed by atoms with Gasteiger partial charge >= 0.3 is 0 Å². The van der Waals surface area contributed by atoms with Gasteiger partial charge in [0, 0.05) is 27.7 Å². The van der Waals surface area contributed by atoms with Gasteiger partial charge in [-0.1, -0.05) is 53.0 Å². The van der Waals surface area contributed by atoms with Gasteiger partial charge in [0.2, 0.25) is 0 Å². The predicted molar refractivity (Wildman–Crippen MR) is 87.8 cm³/mol. The van der Waals surface area contributed by atoms with Crippen molar-refractivity contribution in [2.45, 2.75) is 25.9 Å². The SMILES string of the molecule is CC(N[C@@H](C)c1ccccc1Cl)c1c(Cl)ccc(F)c1Cl. The highest BCUT2D eigenvalue weighted by Gasteiger charge is 2.19. The topological polar surface area (TPSA) is 12.0 Å². The van der Waals surface area contributed by atoms with Crippen LogP contribution in [0.25, 0.3) is 0 Å². The first-order valence-corrected chi connectivity index (χ1v) is 7.69. The number of hydrogen-bond donors (Lipinski definition) is 1. The number of rotatable bonds is 4.